The van der Waals surface area contributed by atoms with Gasteiger partial charge >= 0.3 is 0 Å². The quantitative estimate of drug-likeness (QED) is 0.136. The molecule has 282 valence electrons. The molecule has 0 spiro atoms. The molecule has 59 heavy (non-hydrogen) atoms. The van der Waals surface area contributed by atoms with Crippen molar-refractivity contribution >= 4 is 0 Å². The molecule has 2 atom stereocenters. The molecule has 0 saturated heterocycles. The van der Waals surface area contributed by atoms with Crippen molar-refractivity contribution in [3.8, 4) is 55.6 Å². The van der Waals surface area contributed by atoms with E-state index < -0.39 is 0 Å². The van der Waals surface area contributed by atoms with E-state index in [2.05, 4.69) is 237 Å². The van der Waals surface area contributed by atoms with E-state index in [4.69, 9.17) is 0 Å². The fraction of sp³-hybridized carbons (Fsp3) is 0.0847. The van der Waals surface area contributed by atoms with Gasteiger partial charge in [0.15, 0.2) is 0 Å². The Morgan fingerprint density at radius 3 is 1.56 bits per heavy atom. The highest BCUT2D eigenvalue weighted by atomic mass is 14.3. The summed E-state index contributed by atoms with van der Waals surface area (Å²) in [7, 11) is 0. The largest absolute Gasteiger partial charge is 0.0622 e. The molecule has 0 heteroatoms. The molecule has 1 aliphatic rings. The van der Waals surface area contributed by atoms with E-state index in [1.807, 2.05) is 0 Å². The van der Waals surface area contributed by atoms with Gasteiger partial charge in [0.1, 0.15) is 0 Å². The normalized spacial score (nSPS) is 14.4. The lowest BCUT2D eigenvalue weighted by Gasteiger charge is -2.32. The van der Waals surface area contributed by atoms with Crippen LogP contribution in [0.2, 0.25) is 0 Å². The second-order valence-electron chi connectivity index (χ2n) is 16.1. The maximum atomic E-state index is 2.50. The summed E-state index contributed by atoms with van der Waals surface area (Å²) in [6, 6.07) is 85.3. The van der Waals surface area contributed by atoms with Crippen LogP contribution in [0.15, 0.2) is 231 Å². The lowest BCUT2D eigenvalue weighted by Crippen LogP contribution is -2.25. The smallest absolute Gasteiger partial charge is 0.0423 e. The predicted molar refractivity (Wildman–Crippen MR) is 249 cm³/mol. The van der Waals surface area contributed by atoms with E-state index in [1.165, 1.54) is 89.0 Å². The fourth-order valence-corrected chi connectivity index (χ4v) is 9.49. The topological polar surface area (TPSA) is 0 Å². The van der Waals surface area contributed by atoms with Crippen molar-refractivity contribution in [2.45, 2.75) is 31.1 Å². The summed E-state index contributed by atoms with van der Waals surface area (Å²) in [6.07, 6.45) is 2.07. The first kappa shape index (κ1) is 36.3. The second kappa shape index (κ2) is 15.7. The van der Waals surface area contributed by atoms with Gasteiger partial charge in [-0.25, -0.2) is 0 Å². The van der Waals surface area contributed by atoms with Crippen LogP contribution in [-0.2, 0) is 11.8 Å². The molecule has 0 aliphatic heterocycles. The molecule has 0 aromatic heterocycles. The zero-order chi connectivity index (χ0) is 39.6. The number of hydrogen-bond donors (Lipinski definition) is 0. The van der Waals surface area contributed by atoms with Crippen molar-refractivity contribution in [3.63, 3.8) is 0 Å². The maximum Gasteiger partial charge on any atom is 0.0423 e. The molecular weight excluding hydrogens is 709 g/mol. The Bertz CT molecular complexity index is 2860. The standard InChI is InChI=1S/C59H46/c1-59(50-25-12-5-13-26-50,51-34-29-43(30-35-51)42-17-6-2-7-18-42)52-27-16-24-47(39-52)48-32-38-56-53-28-15-14-23-46(53)31-36-55(58(56)40-48)49-33-37-54(44-19-8-3-9-20-44)57(41-49)45-21-10-4-11-22-45/h2-30,32-35,37-41,55H,31,36H2,1H3/t55-,59+/m0/s1. The van der Waals surface area contributed by atoms with Crippen LogP contribution in [0.25, 0.3) is 55.6 Å². The highest BCUT2D eigenvalue weighted by molar-refractivity contribution is 5.85. The molecule has 9 aromatic carbocycles. The van der Waals surface area contributed by atoms with Gasteiger partial charge in [0.25, 0.3) is 0 Å². The van der Waals surface area contributed by atoms with Gasteiger partial charge in [0, 0.05) is 11.3 Å². The van der Waals surface area contributed by atoms with E-state index in [-0.39, 0.29) is 11.3 Å². The first-order valence-corrected chi connectivity index (χ1v) is 20.9. The number of hydrogen-bond acceptors (Lipinski definition) is 0. The summed E-state index contributed by atoms with van der Waals surface area (Å²) in [4.78, 5) is 0. The van der Waals surface area contributed by atoms with Crippen molar-refractivity contribution in [3.05, 3.63) is 264 Å². The van der Waals surface area contributed by atoms with Crippen LogP contribution in [0.1, 0.15) is 52.6 Å². The molecule has 0 heterocycles. The Labute approximate surface area is 349 Å². The summed E-state index contributed by atoms with van der Waals surface area (Å²) in [6.45, 7) is 2.38. The van der Waals surface area contributed by atoms with Crippen LogP contribution in [0.3, 0.4) is 0 Å². The minimum Gasteiger partial charge on any atom is -0.0622 e. The van der Waals surface area contributed by atoms with Crippen molar-refractivity contribution in [2.75, 3.05) is 0 Å². The van der Waals surface area contributed by atoms with E-state index in [1.54, 1.807) is 0 Å². The molecule has 0 N–H and O–H groups in total. The van der Waals surface area contributed by atoms with E-state index in [0.717, 1.165) is 12.8 Å². The van der Waals surface area contributed by atoms with E-state index in [9.17, 15) is 0 Å². The van der Waals surface area contributed by atoms with Gasteiger partial charge < -0.3 is 0 Å². The summed E-state index contributed by atoms with van der Waals surface area (Å²) in [5.41, 5.74) is 20.3. The number of rotatable bonds is 8. The minimum atomic E-state index is -0.367. The van der Waals surface area contributed by atoms with E-state index >= 15 is 0 Å². The number of benzene rings is 9. The van der Waals surface area contributed by atoms with Gasteiger partial charge in [-0.1, -0.05) is 212 Å². The average Bonchev–Trinajstić information content (AvgIpc) is 3.49. The molecule has 0 unspecified atom stereocenters. The van der Waals surface area contributed by atoms with Crippen LogP contribution in [-0.4, -0.2) is 0 Å². The van der Waals surface area contributed by atoms with Gasteiger partial charge in [0.2, 0.25) is 0 Å². The Morgan fingerprint density at radius 1 is 0.339 bits per heavy atom. The molecule has 0 fully saturated rings. The van der Waals surface area contributed by atoms with Gasteiger partial charge in [-0.2, -0.15) is 0 Å². The van der Waals surface area contributed by atoms with Gasteiger partial charge in [0.05, 0.1) is 0 Å². The maximum absolute atomic E-state index is 2.50. The third-order valence-electron chi connectivity index (χ3n) is 12.7. The Hall–Kier alpha value is -7.02. The lowest BCUT2D eigenvalue weighted by atomic mass is 9.70. The monoisotopic (exact) mass is 754 g/mol. The molecule has 9 aromatic rings. The Balaban J connectivity index is 1.10. The fourth-order valence-electron chi connectivity index (χ4n) is 9.49. The summed E-state index contributed by atoms with van der Waals surface area (Å²) < 4.78 is 0. The van der Waals surface area contributed by atoms with Crippen molar-refractivity contribution in [2.24, 2.45) is 0 Å². The zero-order valence-electron chi connectivity index (χ0n) is 33.4. The average molecular weight is 755 g/mol. The zero-order valence-corrected chi connectivity index (χ0v) is 33.4. The molecule has 0 nitrogen and oxygen atoms in total. The molecule has 0 radical (unpaired) electrons. The van der Waals surface area contributed by atoms with Crippen LogP contribution >= 0.6 is 0 Å². The third kappa shape index (κ3) is 6.92. The molecular formula is C59H46. The summed E-state index contributed by atoms with van der Waals surface area (Å²) in [5, 5.41) is 0. The van der Waals surface area contributed by atoms with Crippen molar-refractivity contribution in [1.82, 2.24) is 0 Å². The Morgan fingerprint density at radius 2 is 0.847 bits per heavy atom. The van der Waals surface area contributed by atoms with Crippen molar-refractivity contribution < 1.29 is 0 Å². The van der Waals surface area contributed by atoms with E-state index in [0.29, 0.717) is 0 Å². The molecule has 0 saturated carbocycles. The minimum absolute atomic E-state index is 0.227. The number of fused-ring (bicyclic) bond motifs is 3. The highest BCUT2D eigenvalue weighted by Crippen LogP contribution is 2.46. The molecule has 0 amide bonds. The third-order valence-corrected chi connectivity index (χ3v) is 12.7. The van der Waals surface area contributed by atoms with Crippen LogP contribution in [0, 0.1) is 0 Å². The van der Waals surface area contributed by atoms with Gasteiger partial charge in [-0.3, -0.25) is 0 Å². The predicted octanol–water partition coefficient (Wildman–Crippen LogP) is 15.5. The SMILES string of the molecule is C[C@@](c1ccccc1)(c1ccc(-c2ccccc2)cc1)c1cccc(-c2ccc3c(c2)[C@H](c2ccc(-c4ccccc4)c(-c4ccccc4)c2)CCc2ccccc2-3)c1. The van der Waals surface area contributed by atoms with Crippen LogP contribution in [0.4, 0.5) is 0 Å². The van der Waals surface area contributed by atoms with Gasteiger partial charge in [-0.05, 0) is 127 Å². The summed E-state index contributed by atoms with van der Waals surface area (Å²) >= 11 is 0. The first-order chi connectivity index (χ1) is 29.1. The van der Waals surface area contributed by atoms with Crippen molar-refractivity contribution in [1.29, 1.82) is 0 Å². The van der Waals surface area contributed by atoms with Crippen LogP contribution < -0.4 is 0 Å². The molecule has 10 rings (SSSR count). The summed E-state index contributed by atoms with van der Waals surface area (Å²) in [5.74, 6) is 0.227. The highest BCUT2D eigenvalue weighted by Gasteiger charge is 2.32. The first-order valence-electron chi connectivity index (χ1n) is 20.9. The molecule has 1 aliphatic carbocycles. The molecule has 0 bridgehead atoms. The second-order valence-corrected chi connectivity index (χ2v) is 16.1. The van der Waals surface area contributed by atoms with Gasteiger partial charge in [-0.15, -0.1) is 0 Å². The Kier molecular flexibility index (Phi) is 9.69. The number of aryl methyl sites for hydroxylation is 1. The van der Waals surface area contributed by atoms with Crippen LogP contribution in [0.5, 0.6) is 0 Å². The lowest BCUT2D eigenvalue weighted by molar-refractivity contribution is 0.693.